The highest BCUT2D eigenvalue weighted by Crippen LogP contribution is 2.50. The molecular formula is C37H30ClFN6O2S. The number of halogens is 2. The summed E-state index contributed by atoms with van der Waals surface area (Å²) in [6.07, 6.45) is 6.75. The van der Waals surface area contributed by atoms with Crippen molar-refractivity contribution >= 4 is 44.7 Å². The van der Waals surface area contributed by atoms with E-state index in [0.29, 0.717) is 42.3 Å². The smallest absolute Gasteiger partial charge is 0.257 e. The molecule has 4 aromatic heterocycles. The molecule has 0 radical (unpaired) electrons. The van der Waals surface area contributed by atoms with Gasteiger partial charge in [0.15, 0.2) is 0 Å². The highest BCUT2D eigenvalue weighted by molar-refractivity contribution is 7.23. The zero-order chi connectivity index (χ0) is 32.5. The SMILES string of the molecule is Cc1nnc(-c2c(CCc3ccc(F)cc3)nc3c(c2-c2cc4ccnc(N[C@H]5CCc6ccc(Cl)cc65)c4s2)C(=O)N2CCC[C@H]32)o1. The number of pyridine rings is 2. The molecule has 1 aliphatic carbocycles. The molecule has 0 unspecified atom stereocenters. The predicted octanol–water partition coefficient (Wildman–Crippen LogP) is 8.68. The van der Waals surface area contributed by atoms with Crippen LogP contribution in [0.4, 0.5) is 10.2 Å². The Balaban J connectivity index is 1.21. The highest BCUT2D eigenvalue weighted by atomic mass is 35.5. The Labute approximate surface area is 285 Å². The van der Waals surface area contributed by atoms with Crippen molar-refractivity contribution in [2.24, 2.45) is 0 Å². The average molecular weight is 677 g/mol. The van der Waals surface area contributed by atoms with Gasteiger partial charge in [0.25, 0.3) is 5.91 Å². The zero-order valence-electron chi connectivity index (χ0n) is 26.1. The van der Waals surface area contributed by atoms with E-state index in [1.54, 1.807) is 30.4 Å². The van der Waals surface area contributed by atoms with Crippen LogP contribution in [-0.4, -0.2) is 37.5 Å². The lowest BCUT2D eigenvalue weighted by molar-refractivity contribution is 0.0776. The fourth-order valence-electron chi connectivity index (χ4n) is 7.60. The standard InChI is InChI=1S/C37H30ClFN6O2S/c1-19-43-44-36(47-19)30-27(12-6-20-4-10-24(39)11-5-20)41-33-28-3-2-16-45(28)37(46)32(33)31(30)29-17-22-14-15-40-35(34(22)48-29)42-26-13-8-21-7-9-23(38)18-25(21)26/h4-5,7,9-11,14-15,17-18,26,28H,2-3,6,8,12-13,16H2,1H3,(H,40,42)/t26-,28+/m0/s1. The monoisotopic (exact) mass is 676 g/mol. The molecule has 0 spiro atoms. The Kier molecular flexibility index (Phi) is 7.05. The second-order valence-electron chi connectivity index (χ2n) is 12.7. The Morgan fingerprint density at radius 3 is 2.75 bits per heavy atom. The maximum absolute atomic E-state index is 14.2. The van der Waals surface area contributed by atoms with Crippen LogP contribution >= 0.6 is 22.9 Å². The first-order valence-corrected chi connectivity index (χ1v) is 17.5. The van der Waals surface area contributed by atoms with Crippen molar-refractivity contribution in [2.75, 3.05) is 11.9 Å². The van der Waals surface area contributed by atoms with E-state index < -0.39 is 0 Å². The number of benzene rings is 2. The fourth-order valence-corrected chi connectivity index (χ4v) is 8.94. The number of carbonyl (C=O) groups is 1. The lowest BCUT2D eigenvalue weighted by atomic mass is 9.93. The summed E-state index contributed by atoms with van der Waals surface area (Å²) in [5, 5.41) is 14.1. The van der Waals surface area contributed by atoms with Gasteiger partial charge in [-0.25, -0.2) is 9.37 Å². The van der Waals surface area contributed by atoms with E-state index in [0.717, 1.165) is 74.0 Å². The van der Waals surface area contributed by atoms with Crippen LogP contribution in [0.1, 0.15) is 75.7 Å². The minimum Gasteiger partial charge on any atom is -0.421 e. The summed E-state index contributed by atoms with van der Waals surface area (Å²) in [7, 11) is 0. The summed E-state index contributed by atoms with van der Waals surface area (Å²) in [6, 6.07) is 16.8. The first kappa shape index (κ1) is 29.5. The molecule has 9 rings (SSSR count). The molecule has 48 heavy (non-hydrogen) atoms. The lowest BCUT2D eigenvalue weighted by Crippen LogP contribution is -2.22. The van der Waals surface area contributed by atoms with Crippen LogP contribution in [0.3, 0.4) is 0 Å². The van der Waals surface area contributed by atoms with Crippen molar-refractivity contribution in [3.63, 3.8) is 0 Å². The maximum atomic E-state index is 14.2. The van der Waals surface area contributed by atoms with Gasteiger partial charge in [0, 0.05) is 35.1 Å². The number of amides is 1. The number of hydrogen-bond donors (Lipinski definition) is 1. The normalized spacial score (nSPS) is 18.1. The number of aromatic nitrogens is 4. The van der Waals surface area contributed by atoms with Gasteiger partial charge < -0.3 is 14.6 Å². The number of thiophene rings is 1. The molecule has 240 valence electrons. The van der Waals surface area contributed by atoms with Crippen LogP contribution in [-0.2, 0) is 19.3 Å². The van der Waals surface area contributed by atoms with E-state index in [-0.39, 0.29) is 23.8 Å². The van der Waals surface area contributed by atoms with Gasteiger partial charge in [-0.05, 0) is 97.0 Å². The van der Waals surface area contributed by atoms with Crippen LogP contribution < -0.4 is 5.32 Å². The molecule has 1 fully saturated rings. The summed E-state index contributed by atoms with van der Waals surface area (Å²) in [4.78, 5) is 27.1. The van der Waals surface area contributed by atoms with Crippen molar-refractivity contribution in [1.82, 2.24) is 25.1 Å². The van der Waals surface area contributed by atoms with Crippen molar-refractivity contribution in [3.05, 3.63) is 111 Å². The molecule has 6 aromatic rings. The number of carbonyl (C=O) groups excluding carboxylic acids is 1. The molecule has 3 aliphatic rings. The Morgan fingerprint density at radius 1 is 1.04 bits per heavy atom. The molecule has 1 saturated heterocycles. The van der Waals surface area contributed by atoms with E-state index in [1.165, 1.54) is 23.3 Å². The van der Waals surface area contributed by atoms with E-state index in [1.807, 2.05) is 29.3 Å². The number of nitrogens with one attached hydrogen (secondary N) is 1. The van der Waals surface area contributed by atoms with Crippen molar-refractivity contribution in [1.29, 1.82) is 0 Å². The van der Waals surface area contributed by atoms with Crippen LogP contribution in [0.25, 0.3) is 32.0 Å². The van der Waals surface area contributed by atoms with E-state index in [9.17, 15) is 9.18 Å². The number of fused-ring (bicyclic) bond motifs is 5. The number of rotatable bonds is 7. The van der Waals surface area contributed by atoms with Gasteiger partial charge in [-0.3, -0.25) is 9.78 Å². The average Bonchev–Trinajstić information content (AvgIpc) is 3.92. The third-order valence-corrected chi connectivity index (χ3v) is 11.2. The second kappa shape index (κ2) is 11.5. The predicted molar refractivity (Wildman–Crippen MR) is 184 cm³/mol. The minimum atomic E-state index is -0.271. The van der Waals surface area contributed by atoms with Crippen LogP contribution in [0.2, 0.25) is 5.02 Å². The van der Waals surface area contributed by atoms with Crippen LogP contribution in [0.5, 0.6) is 0 Å². The number of anilines is 1. The molecule has 11 heteroatoms. The molecule has 0 bridgehead atoms. The van der Waals surface area contributed by atoms with Crippen LogP contribution in [0.15, 0.2) is 65.2 Å². The lowest BCUT2D eigenvalue weighted by Gasteiger charge is -2.16. The van der Waals surface area contributed by atoms with Gasteiger partial charge in [-0.1, -0.05) is 29.8 Å². The molecule has 6 heterocycles. The highest BCUT2D eigenvalue weighted by Gasteiger charge is 2.45. The van der Waals surface area contributed by atoms with Crippen LogP contribution in [0, 0.1) is 12.7 Å². The number of nitrogens with zero attached hydrogens (tertiary/aromatic N) is 5. The van der Waals surface area contributed by atoms with Gasteiger partial charge in [0.1, 0.15) is 11.6 Å². The first-order chi connectivity index (χ1) is 23.4. The Bertz CT molecular complexity index is 2250. The molecule has 0 saturated carbocycles. The minimum absolute atomic E-state index is 0.00839. The summed E-state index contributed by atoms with van der Waals surface area (Å²) in [5.74, 6) is 1.28. The molecular weight excluding hydrogens is 647 g/mol. The quantitative estimate of drug-likeness (QED) is 0.181. The van der Waals surface area contributed by atoms with Crippen molar-refractivity contribution in [2.45, 2.75) is 57.5 Å². The third-order valence-electron chi connectivity index (χ3n) is 9.82. The second-order valence-corrected chi connectivity index (χ2v) is 14.2. The summed E-state index contributed by atoms with van der Waals surface area (Å²) < 4.78 is 20.8. The van der Waals surface area contributed by atoms with Gasteiger partial charge in [0.05, 0.1) is 39.3 Å². The first-order valence-electron chi connectivity index (χ1n) is 16.3. The summed E-state index contributed by atoms with van der Waals surface area (Å²) in [5.41, 5.74) is 7.17. The largest absolute Gasteiger partial charge is 0.421 e. The number of aryl methyl sites for hydroxylation is 4. The zero-order valence-corrected chi connectivity index (χ0v) is 27.7. The van der Waals surface area contributed by atoms with Gasteiger partial charge in [0.2, 0.25) is 11.8 Å². The molecule has 1 amide bonds. The van der Waals surface area contributed by atoms with E-state index in [4.69, 9.17) is 26.0 Å². The molecule has 8 nitrogen and oxygen atoms in total. The Hall–Kier alpha value is -4.67. The maximum Gasteiger partial charge on any atom is 0.257 e. The molecule has 2 aliphatic heterocycles. The van der Waals surface area contributed by atoms with Crippen molar-refractivity contribution in [3.8, 4) is 21.9 Å². The van der Waals surface area contributed by atoms with Crippen molar-refractivity contribution < 1.29 is 13.6 Å². The molecule has 2 atom stereocenters. The van der Waals surface area contributed by atoms with E-state index in [2.05, 4.69) is 27.6 Å². The van der Waals surface area contributed by atoms with Gasteiger partial charge in [-0.2, -0.15) is 0 Å². The molecule has 1 N–H and O–H groups in total. The summed E-state index contributed by atoms with van der Waals surface area (Å²) >= 11 is 7.98. The third kappa shape index (κ3) is 4.88. The van der Waals surface area contributed by atoms with Gasteiger partial charge >= 0.3 is 0 Å². The number of hydrogen-bond acceptors (Lipinski definition) is 8. The molecule has 2 aromatic carbocycles. The Morgan fingerprint density at radius 2 is 1.92 bits per heavy atom. The summed E-state index contributed by atoms with van der Waals surface area (Å²) in [6.45, 7) is 2.46. The van der Waals surface area contributed by atoms with E-state index >= 15 is 0 Å². The topological polar surface area (TPSA) is 97.0 Å². The van der Waals surface area contributed by atoms with Gasteiger partial charge in [-0.15, -0.1) is 21.5 Å². The fraction of sp³-hybridized carbons (Fsp3) is 0.270.